The van der Waals surface area contributed by atoms with Crippen LogP contribution in [0.15, 0.2) is 30.3 Å². The number of carbonyl (C=O) groups excluding carboxylic acids is 1. The van der Waals surface area contributed by atoms with Crippen LogP contribution < -0.4 is 9.80 Å². The van der Waals surface area contributed by atoms with E-state index < -0.39 is 11.7 Å². The molecule has 0 saturated carbocycles. The number of aryl methyl sites for hydroxylation is 1. The summed E-state index contributed by atoms with van der Waals surface area (Å²) in [5.41, 5.74) is -0.364. The van der Waals surface area contributed by atoms with Crippen molar-refractivity contribution in [3.05, 3.63) is 47.3 Å². The fraction of sp³-hybridized carbons (Fsp3) is 0.500. The maximum Gasteiger partial charge on any atom is 0.416 e. The SMILES string of the molecule is Cc1nc(N2CCOCC2)cc(N2CCN(C(=O)Cc3cccc(C(F)(F)F)c3)CC2)n1. The molecule has 0 aliphatic carbocycles. The molecule has 1 aromatic heterocycles. The number of amides is 1. The van der Waals surface area contributed by atoms with Crippen molar-refractivity contribution in [2.45, 2.75) is 19.5 Å². The van der Waals surface area contributed by atoms with Crippen LogP contribution in [0.25, 0.3) is 0 Å². The molecule has 0 unspecified atom stereocenters. The zero-order valence-corrected chi connectivity index (χ0v) is 17.9. The highest BCUT2D eigenvalue weighted by atomic mass is 19.4. The van der Waals surface area contributed by atoms with Gasteiger partial charge in [0.05, 0.1) is 25.2 Å². The third kappa shape index (κ3) is 5.29. The van der Waals surface area contributed by atoms with Gasteiger partial charge in [-0.2, -0.15) is 13.2 Å². The molecule has 2 fully saturated rings. The summed E-state index contributed by atoms with van der Waals surface area (Å²) in [5.74, 6) is 2.21. The molecule has 7 nitrogen and oxygen atoms in total. The van der Waals surface area contributed by atoms with E-state index in [0.29, 0.717) is 50.8 Å². The lowest BCUT2D eigenvalue weighted by Gasteiger charge is -2.36. The second-order valence-electron chi connectivity index (χ2n) is 7.97. The molecule has 2 aliphatic rings. The Kier molecular flexibility index (Phi) is 6.50. The first-order chi connectivity index (χ1) is 15.3. The van der Waals surface area contributed by atoms with Gasteiger partial charge in [-0.1, -0.05) is 18.2 Å². The molecule has 2 aliphatic heterocycles. The second-order valence-corrected chi connectivity index (χ2v) is 7.97. The van der Waals surface area contributed by atoms with Crippen LogP contribution in [0.4, 0.5) is 24.8 Å². The monoisotopic (exact) mass is 449 g/mol. The molecular weight excluding hydrogens is 423 g/mol. The molecule has 2 saturated heterocycles. The lowest BCUT2D eigenvalue weighted by Crippen LogP contribution is -2.49. The van der Waals surface area contributed by atoms with Crippen LogP contribution in [0.2, 0.25) is 0 Å². The van der Waals surface area contributed by atoms with Gasteiger partial charge in [0.2, 0.25) is 5.91 Å². The maximum absolute atomic E-state index is 12.9. The van der Waals surface area contributed by atoms with Crippen molar-refractivity contribution in [1.82, 2.24) is 14.9 Å². The van der Waals surface area contributed by atoms with Gasteiger partial charge >= 0.3 is 6.18 Å². The predicted octanol–water partition coefficient (Wildman–Crippen LogP) is 2.53. The van der Waals surface area contributed by atoms with Crippen LogP contribution in [0, 0.1) is 6.92 Å². The van der Waals surface area contributed by atoms with E-state index in [-0.39, 0.29) is 12.3 Å². The van der Waals surface area contributed by atoms with Gasteiger partial charge in [-0.05, 0) is 18.6 Å². The normalized spacial score (nSPS) is 17.6. The van der Waals surface area contributed by atoms with E-state index in [4.69, 9.17) is 4.74 Å². The number of nitrogens with zero attached hydrogens (tertiary/aromatic N) is 5. The molecule has 10 heteroatoms. The number of aromatic nitrogens is 2. The summed E-state index contributed by atoms with van der Waals surface area (Å²) in [4.78, 5) is 27.8. The van der Waals surface area contributed by atoms with Crippen LogP contribution in [0.1, 0.15) is 17.0 Å². The van der Waals surface area contributed by atoms with Crippen molar-refractivity contribution in [3.63, 3.8) is 0 Å². The molecule has 172 valence electrons. The summed E-state index contributed by atoms with van der Waals surface area (Å²) >= 11 is 0. The number of hydrogen-bond acceptors (Lipinski definition) is 6. The molecule has 0 spiro atoms. The lowest BCUT2D eigenvalue weighted by atomic mass is 10.1. The maximum atomic E-state index is 12.9. The number of piperazine rings is 1. The van der Waals surface area contributed by atoms with Crippen molar-refractivity contribution >= 4 is 17.5 Å². The molecule has 0 bridgehead atoms. The first-order valence-electron chi connectivity index (χ1n) is 10.7. The van der Waals surface area contributed by atoms with E-state index in [1.54, 1.807) is 11.0 Å². The molecule has 32 heavy (non-hydrogen) atoms. The Balaban J connectivity index is 1.37. The first kappa shape index (κ1) is 22.3. The van der Waals surface area contributed by atoms with Gasteiger partial charge < -0.3 is 19.4 Å². The quantitative estimate of drug-likeness (QED) is 0.715. The molecule has 0 radical (unpaired) electrons. The van der Waals surface area contributed by atoms with Crippen LogP contribution in [-0.2, 0) is 22.1 Å². The van der Waals surface area contributed by atoms with Gasteiger partial charge in [-0.25, -0.2) is 9.97 Å². The van der Waals surface area contributed by atoms with Crippen molar-refractivity contribution in [3.8, 4) is 0 Å². The van der Waals surface area contributed by atoms with Gasteiger partial charge in [0.15, 0.2) is 0 Å². The molecule has 1 aromatic carbocycles. The molecule has 0 atom stereocenters. The van der Waals surface area contributed by atoms with E-state index in [0.717, 1.165) is 36.9 Å². The lowest BCUT2D eigenvalue weighted by molar-refractivity contribution is -0.138. The minimum absolute atomic E-state index is 0.0439. The minimum atomic E-state index is -4.42. The molecule has 4 rings (SSSR count). The summed E-state index contributed by atoms with van der Waals surface area (Å²) in [6, 6.07) is 6.93. The topological polar surface area (TPSA) is 61.8 Å². The Bertz CT molecular complexity index is 955. The predicted molar refractivity (Wildman–Crippen MR) is 114 cm³/mol. The molecule has 1 amide bonds. The molecule has 0 N–H and O–H groups in total. The summed E-state index contributed by atoms with van der Waals surface area (Å²) in [5, 5.41) is 0. The summed E-state index contributed by atoms with van der Waals surface area (Å²) in [7, 11) is 0. The summed E-state index contributed by atoms with van der Waals surface area (Å²) < 4.78 is 44.2. The van der Waals surface area contributed by atoms with Crippen LogP contribution in [0.3, 0.4) is 0 Å². The van der Waals surface area contributed by atoms with Crippen molar-refractivity contribution in [1.29, 1.82) is 0 Å². The number of morpholine rings is 1. The Hall–Kier alpha value is -2.88. The minimum Gasteiger partial charge on any atom is -0.378 e. The number of anilines is 2. The zero-order valence-electron chi connectivity index (χ0n) is 17.9. The number of benzene rings is 1. The average Bonchev–Trinajstić information content (AvgIpc) is 2.79. The number of rotatable bonds is 4. The summed E-state index contributed by atoms with van der Waals surface area (Å²) in [6.45, 7) is 6.97. The van der Waals surface area contributed by atoms with Gasteiger partial charge in [0.1, 0.15) is 17.5 Å². The number of carbonyl (C=O) groups is 1. The number of halogens is 3. The highest BCUT2D eigenvalue weighted by Gasteiger charge is 2.31. The largest absolute Gasteiger partial charge is 0.416 e. The highest BCUT2D eigenvalue weighted by molar-refractivity contribution is 5.79. The third-order valence-corrected chi connectivity index (χ3v) is 5.71. The van der Waals surface area contributed by atoms with Gasteiger partial charge in [0.25, 0.3) is 0 Å². The fourth-order valence-electron chi connectivity index (χ4n) is 3.98. The Morgan fingerprint density at radius 1 is 0.969 bits per heavy atom. The van der Waals surface area contributed by atoms with E-state index >= 15 is 0 Å². The van der Waals surface area contributed by atoms with E-state index in [2.05, 4.69) is 19.8 Å². The second kappa shape index (κ2) is 9.32. The Morgan fingerprint density at radius 3 is 2.22 bits per heavy atom. The smallest absolute Gasteiger partial charge is 0.378 e. The molecule has 2 aromatic rings. The van der Waals surface area contributed by atoms with Crippen LogP contribution in [0.5, 0.6) is 0 Å². The van der Waals surface area contributed by atoms with Crippen LogP contribution >= 0.6 is 0 Å². The van der Waals surface area contributed by atoms with Crippen molar-refractivity contribution in [2.75, 3.05) is 62.3 Å². The molecular formula is C22H26F3N5O2. The fourth-order valence-corrected chi connectivity index (χ4v) is 3.98. The number of hydrogen-bond donors (Lipinski definition) is 0. The zero-order chi connectivity index (χ0) is 22.7. The Morgan fingerprint density at radius 2 is 1.59 bits per heavy atom. The van der Waals surface area contributed by atoms with Crippen molar-refractivity contribution < 1.29 is 22.7 Å². The van der Waals surface area contributed by atoms with Crippen LogP contribution in [-0.4, -0.2) is 73.3 Å². The Labute approximate surface area is 184 Å². The van der Waals surface area contributed by atoms with Crippen molar-refractivity contribution in [2.24, 2.45) is 0 Å². The molecule has 3 heterocycles. The number of ether oxygens (including phenoxy) is 1. The first-order valence-corrected chi connectivity index (χ1v) is 10.7. The van der Waals surface area contributed by atoms with E-state index in [1.165, 1.54) is 6.07 Å². The van der Waals surface area contributed by atoms with Gasteiger partial charge in [-0.3, -0.25) is 4.79 Å². The van der Waals surface area contributed by atoms with E-state index in [1.807, 2.05) is 13.0 Å². The van der Waals surface area contributed by atoms with Gasteiger partial charge in [-0.15, -0.1) is 0 Å². The van der Waals surface area contributed by atoms with Gasteiger partial charge in [0, 0.05) is 45.3 Å². The average molecular weight is 449 g/mol. The highest BCUT2D eigenvalue weighted by Crippen LogP contribution is 2.29. The summed E-state index contributed by atoms with van der Waals surface area (Å²) in [6.07, 6.45) is -4.46. The third-order valence-electron chi connectivity index (χ3n) is 5.71. The van der Waals surface area contributed by atoms with E-state index in [9.17, 15) is 18.0 Å². The standard InChI is InChI=1S/C22H26F3N5O2/c1-16-26-19(15-20(27-16)29-9-11-32-12-10-29)28-5-7-30(8-6-28)21(31)14-17-3-2-4-18(13-17)22(23,24)25/h2-4,13,15H,5-12,14H2,1H3. The number of alkyl halides is 3.